The fourth-order valence-corrected chi connectivity index (χ4v) is 3.58. The largest absolute Gasteiger partial charge is 0.345 e. The molecule has 4 heterocycles. The Balaban J connectivity index is 1.89. The smallest absolute Gasteiger partial charge is 0.147 e. The van der Waals surface area contributed by atoms with Crippen LogP contribution in [0, 0.1) is 11.3 Å². The van der Waals surface area contributed by atoms with Gasteiger partial charge in [0.1, 0.15) is 29.4 Å². The van der Waals surface area contributed by atoms with E-state index in [1.165, 1.54) is 5.69 Å². The van der Waals surface area contributed by atoms with Crippen molar-refractivity contribution in [2.75, 3.05) is 38.1 Å². The molecule has 0 bridgehead atoms. The fourth-order valence-electron chi connectivity index (χ4n) is 3.58. The molecule has 1 N–H and O–H groups in total. The zero-order chi connectivity index (χ0) is 14.4. The summed E-state index contributed by atoms with van der Waals surface area (Å²) in [6.45, 7) is 5.23. The molecule has 6 nitrogen and oxygen atoms in total. The van der Waals surface area contributed by atoms with Crippen molar-refractivity contribution in [1.29, 1.82) is 5.26 Å². The molecule has 0 atom stereocenters. The number of hydrogen-bond acceptors (Lipinski definition) is 4. The first-order valence-corrected chi connectivity index (χ1v) is 7.62. The maximum Gasteiger partial charge on any atom is 0.147 e. The topological polar surface area (TPSA) is 62.2 Å². The minimum absolute atomic E-state index is 0.709. The lowest BCUT2D eigenvalue weighted by Crippen LogP contribution is -3.12. The van der Waals surface area contributed by atoms with Gasteiger partial charge in [0.15, 0.2) is 0 Å². The Morgan fingerprint density at radius 1 is 1.24 bits per heavy atom. The van der Waals surface area contributed by atoms with Gasteiger partial charge in [-0.1, -0.05) is 0 Å². The third kappa shape index (κ3) is 1.81. The van der Waals surface area contributed by atoms with Gasteiger partial charge in [0, 0.05) is 12.2 Å². The Kier molecular flexibility index (Phi) is 2.82. The molecule has 2 aromatic heterocycles. The molecule has 4 rings (SSSR count). The lowest BCUT2D eigenvalue weighted by molar-refractivity contribution is -0.880. The van der Waals surface area contributed by atoms with Gasteiger partial charge in [-0.2, -0.15) is 5.26 Å². The highest BCUT2D eigenvalue weighted by Gasteiger charge is 2.28. The molecule has 6 heteroatoms. The number of aryl methyl sites for hydroxylation is 1. The monoisotopic (exact) mass is 283 g/mol. The Labute approximate surface area is 123 Å². The van der Waals surface area contributed by atoms with E-state index in [1.54, 1.807) is 11.2 Å². The van der Waals surface area contributed by atoms with Crippen LogP contribution in [0.3, 0.4) is 0 Å². The van der Waals surface area contributed by atoms with E-state index >= 15 is 0 Å². The number of piperazine rings is 1. The second-order valence-electron chi connectivity index (χ2n) is 6.03. The summed E-state index contributed by atoms with van der Waals surface area (Å²) < 4.78 is 2.14. The van der Waals surface area contributed by atoms with Crippen molar-refractivity contribution in [3.05, 3.63) is 17.7 Å². The SMILES string of the molecule is C[NH+]1CCN(c2ncnc3c(C#N)n4c(c23)CCC4)CC1. The van der Waals surface area contributed by atoms with E-state index in [-0.39, 0.29) is 0 Å². The molecule has 2 aromatic rings. The number of anilines is 1. The Hall–Kier alpha value is -2.13. The van der Waals surface area contributed by atoms with Gasteiger partial charge in [0.2, 0.25) is 0 Å². The fraction of sp³-hybridized carbons (Fsp3) is 0.533. The standard InChI is InChI=1S/C15H18N6/c1-19-5-7-20(8-6-19)15-13-11-3-2-4-21(11)12(9-16)14(13)17-10-18-15/h10H,2-8H2,1H3/p+1. The van der Waals surface area contributed by atoms with Crippen LogP contribution in [-0.4, -0.2) is 47.8 Å². The van der Waals surface area contributed by atoms with Gasteiger partial charge in [-0.05, 0) is 12.8 Å². The summed E-state index contributed by atoms with van der Waals surface area (Å²) in [5.41, 5.74) is 2.80. The van der Waals surface area contributed by atoms with Crippen molar-refractivity contribution in [2.45, 2.75) is 19.4 Å². The molecule has 0 unspecified atom stereocenters. The van der Waals surface area contributed by atoms with E-state index in [1.807, 2.05) is 0 Å². The normalized spacial score (nSPS) is 19.0. The average molecular weight is 283 g/mol. The van der Waals surface area contributed by atoms with Crippen molar-refractivity contribution in [3.63, 3.8) is 0 Å². The zero-order valence-electron chi connectivity index (χ0n) is 12.3. The molecular weight excluding hydrogens is 264 g/mol. The molecular formula is C15H19N6+. The lowest BCUT2D eigenvalue weighted by Gasteiger charge is -2.31. The van der Waals surface area contributed by atoms with Crippen LogP contribution < -0.4 is 9.80 Å². The number of likely N-dealkylation sites (N-methyl/N-ethyl adjacent to an activating group) is 1. The van der Waals surface area contributed by atoms with Gasteiger partial charge >= 0.3 is 0 Å². The molecule has 1 saturated heterocycles. The summed E-state index contributed by atoms with van der Waals surface area (Å²) in [4.78, 5) is 12.9. The molecule has 1 fully saturated rings. The number of nitrogens with one attached hydrogen (secondary N) is 1. The third-order valence-corrected chi connectivity index (χ3v) is 4.75. The average Bonchev–Trinajstić information content (AvgIpc) is 3.07. The van der Waals surface area contributed by atoms with Crippen LogP contribution in [0.25, 0.3) is 10.9 Å². The molecule has 0 radical (unpaired) electrons. The van der Waals surface area contributed by atoms with Crippen LogP contribution in [0.1, 0.15) is 17.8 Å². The Morgan fingerprint density at radius 3 is 2.81 bits per heavy atom. The highest BCUT2D eigenvalue weighted by atomic mass is 15.3. The predicted molar refractivity (Wildman–Crippen MR) is 79.4 cm³/mol. The predicted octanol–water partition coefficient (Wildman–Crippen LogP) is -0.416. The third-order valence-electron chi connectivity index (χ3n) is 4.75. The van der Waals surface area contributed by atoms with Gasteiger partial charge in [0.05, 0.1) is 38.6 Å². The first kappa shape index (κ1) is 12.6. The minimum Gasteiger partial charge on any atom is -0.345 e. The summed E-state index contributed by atoms with van der Waals surface area (Å²) in [6.07, 6.45) is 3.75. The van der Waals surface area contributed by atoms with Gasteiger partial charge in [0.25, 0.3) is 0 Å². The number of nitriles is 1. The summed E-state index contributed by atoms with van der Waals surface area (Å²) in [6, 6.07) is 2.34. The van der Waals surface area contributed by atoms with Crippen LogP contribution >= 0.6 is 0 Å². The molecule has 108 valence electrons. The van der Waals surface area contributed by atoms with Crippen LogP contribution in [0.15, 0.2) is 6.33 Å². The molecule has 2 aliphatic heterocycles. The van der Waals surface area contributed by atoms with Crippen LogP contribution in [-0.2, 0) is 13.0 Å². The van der Waals surface area contributed by atoms with Gasteiger partial charge in [-0.15, -0.1) is 0 Å². The number of aromatic nitrogens is 3. The van der Waals surface area contributed by atoms with Crippen LogP contribution in [0.4, 0.5) is 5.82 Å². The number of hydrogen-bond donors (Lipinski definition) is 1. The number of quaternary nitrogens is 1. The van der Waals surface area contributed by atoms with E-state index in [0.717, 1.165) is 62.3 Å². The first-order chi connectivity index (χ1) is 10.3. The zero-order valence-corrected chi connectivity index (χ0v) is 12.3. The maximum atomic E-state index is 9.48. The number of nitrogens with zero attached hydrogens (tertiary/aromatic N) is 5. The van der Waals surface area contributed by atoms with E-state index in [0.29, 0.717) is 5.69 Å². The molecule has 0 saturated carbocycles. The van der Waals surface area contributed by atoms with Crippen molar-refractivity contribution < 1.29 is 4.90 Å². The molecule has 0 amide bonds. The van der Waals surface area contributed by atoms with Crippen molar-refractivity contribution >= 4 is 16.7 Å². The molecule has 0 aliphatic carbocycles. The second-order valence-corrected chi connectivity index (χ2v) is 6.03. The molecule has 0 aromatic carbocycles. The van der Waals surface area contributed by atoms with E-state index in [2.05, 4.69) is 32.6 Å². The highest BCUT2D eigenvalue weighted by Crippen LogP contribution is 2.35. The van der Waals surface area contributed by atoms with E-state index < -0.39 is 0 Å². The van der Waals surface area contributed by atoms with Crippen molar-refractivity contribution in [1.82, 2.24) is 14.5 Å². The summed E-state index contributed by atoms with van der Waals surface area (Å²) >= 11 is 0. The van der Waals surface area contributed by atoms with Gasteiger partial charge in [-0.25, -0.2) is 9.97 Å². The van der Waals surface area contributed by atoms with Gasteiger partial charge in [-0.3, -0.25) is 0 Å². The van der Waals surface area contributed by atoms with Crippen molar-refractivity contribution in [2.24, 2.45) is 0 Å². The Morgan fingerprint density at radius 2 is 2.05 bits per heavy atom. The molecule has 2 aliphatic rings. The maximum absolute atomic E-state index is 9.48. The van der Waals surface area contributed by atoms with Crippen molar-refractivity contribution in [3.8, 4) is 6.07 Å². The lowest BCUT2D eigenvalue weighted by atomic mass is 10.1. The summed E-state index contributed by atoms with van der Waals surface area (Å²) in [5, 5.41) is 10.6. The Bertz CT molecular complexity index is 733. The number of rotatable bonds is 1. The van der Waals surface area contributed by atoms with Crippen LogP contribution in [0.5, 0.6) is 0 Å². The van der Waals surface area contributed by atoms with Gasteiger partial charge < -0.3 is 14.4 Å². The first-order valence-electron chi connectivity index (χ1n) is 7.62. The summed E-state index contributed by atoms with van der Waals surface area (Å²) in [5.74, 6) is 1.03. The number of fused-ring (bicyclic) bond motifs is 3. The summed E-state index contributed by atoms with van der Waals surface area (Å²) in [7, 11) is 2.23. The quantitative estimate of drug-likeness (QED) is 0.772. The molecule has 21 heavy (non-hydrogen) atoms. The molecule has 0 spiro atoms. The van der Waals surface area contributed by atoms with E-state index in [9.17, 15) is 5.26 Å². The van der Waals surface area contributed by atoms with Crippen LogP contribution in [0.2, 0.25) is 0 Å². The highest BCUT2D eigenvalue weighted by molar-refractivity contribution is 5.96. The minimum atomic E-state index is 0.709. The second kappa shape index (κ2) is 4.71. The van der Waals surface area contributed by atoms with E-state index in [4.69, 9.17) is 0 Å².